The molecule has 0 saturated heterocycles. The fourth-order valence-corrected chi connectivity index (χ4v) is 4.04. The molecule has 2 heterocycles. The number of benzene rings is 3. The molecule has 38 heavy (non-hydrogen) atoms. The van der Waals surface area contributed by atoms with Gasteiger partial charge in [-0.05, 0) is 42.3 Å². The minimum Gasteiger partial charge on any atom is -0.444 e. The lowest BCUT2D eigenvalue weighted by Gasteiger charge is -2.17. The lowest BCUT2D eigenvalue weighted by molar-refractivity contribution is -0.137. The first-order valence-electron chi connectivity index (χ1n) is 11.9. The first kappa shape index (κ1) is 24.8. The summed E-state index contributed by atoms with van der Waals surface area (Å²) in [6.07, 6.45) is 0.912. The maximum Gasteiger partial charge on any atom is 0.295 e. The van der Waals surface area contributed by atoms with Gasteiger partial charge in [-0.1, -0.05) is 59.3 Å². The predicted octanol–water partition coefficient (Wildman–Crippen LogP) is 4.79. The van der Waals surface area contributed by atoms with Crippen molar-refractivity contribution in [2.75, 3.05) is 0 Å². The molecule has 0 radical (unpaired) electrons. The Morgan fingerprint density at radius 3 is 2.63 bits per heavy atom. The van der Waals surface area contributed by atoms with E-state index in [-0.39, 0.29) is 30.2 Å². The van der Waals surface area contributed by atoms with E-state index < -0.39 is 18.0 Å². The molecule has 1 aliphatic heterocycles. The molecule has 0 saturated carbocycles. The van der Waals surface area contributed by atoms with Crippen molar-refractivity contribution >= 4 is 18.1 Å². The summed E-state index contributed by atoms with van der Waals surface area (Å²) in [6, 6.07) is 21.5. The van der Waals surface area contributed by atoms with Gasteiger partial charge in [-0.25, -0.2) is 4.39 Å². The number of aliphatic imine (C=N–C) groups is 1. The molecule has 1 N–H and O–H groups in total. The summed E-state index contributed by atoms with van der Waals surface area (Å²) < 4.78 is 25.4. The zero-order valence-electron chi connectivity index (χ0n) is 20.4. The number of aryl methyl sites for hydroxylation is 1. The molecule has 0 aliphatic carbocycles. The average molecular weight is 511 g/mol. The van der Waals surface area contributed by atoms with Crippen LogP contribution in [0.3, 0.4) is 0 Å². The van der Waals surface area contributed by atoms with Gasteiger partial charge in [0.15, 0.2) is 6.23 Å². The van der Waals surface area contributed by atoms with E-state index in [0.29, 0.717) is 17.6 Å². The van der Waals surface area contributed by atoms with Crippen LogP contribution in [0.4, 0.5) is 4.39 Å². The Kier molecular flexibility index (Phi) is 7.17. The van der Waals surface area contributed by atoms with Crippen LogP contribution in [0.25, 0.3) is 22.8 Å². The Morgan fingerprint density at radius 1 is 1.11 bits per heavy atom. The Hall–Kier alpha value is -4.92. The molecule has 0 bridgehead atoms. The van der Waals surface area contributed by atoms with Crippen LogP contribution in [-0.4, -0.2) is 34.5 Å². The van der Waals surface area contributed by atoms with Crippen molar-refractivity contribution < 1.29 is 23.2 Å². The molecule has 0 fully saturated rings. The molecular weight excluding hydrogens is 487 g/mol. The first-order chi connectivity index (χ1) is 18.5. The number of halogens is 1. The van der Waals surface area contributed by atoms with Crippen molar-refractivity contribution in [3.05, 3.63) is 107 Å². The van der Waals surface area contributed by atoms with Gasteiger partial charge in [-0.15, -0.1) is 0 Å². The maximum absolute atomic E-state index is 15.0. The van der Waals surface area contributed by atoms with Gasteiger partial charge in [0.1, 0.15) is 5.82 Å². The predicted molar refractivity (Wildman–Crippen MR) is 138 cm³/mol. The summed E-state index contributed by atoms with van der Waals surface area (Å²) in [7, 11) is 0. The Bertz CT molecular complexity index is 1530. The molecular formula is C29H23FN4O4. The minimum atomic E-state index is -0.995. The standard InChI is InChI=1S/C29H23FN4O4/c1-18-7-10-21(11-8-18)29-33-27(34-38-29)23-12-9-19(13-24(23)30)14-26(37-17-35)32-28(36)22-15-25(31-16-22)20-5-3-2-4-6-20/h2-13,16-17,26H,14-15H2,1H3,(H,32,36). The normalized spacial score (nSPS) is 13.4. The van der Waals surface area contributed by atoms with Crippen LogP contribution in [-0.2, 0) is 20.7 Å². The van der Waals surface area contributed by atoms with E-state index in [4.69, 9.17) is 9.26 Å². The highest BCUT2D eigenvalue weighted by Gasteiger charge is 2.22. The van der Waals surface area contributed by atoms with Crippen molar-refractivity contribution in [1.29, 1.82) is 0 Å². The third kappa shape index (κ3) is 5.57. The number of carbonyl (C=O) groups excluding carboxylic acids is 2. The van der Waals surface area contributed by atoms with Crippen LogP contribution in [0, 0.1) is 12.7 Å². The molecule has 190 valence electrons. The van der Waals surface area contributed by atoms with Gasteiger partial charge >= 0.3 is 0 Å². The van der Waals surface area contributed by atoms with Crippen LogP contribution in [0.2, 0.25) is 0 Å². The molecule has 0 spiro atoms. The highest BCUT2D eigenvalue weighted by atomic mass is 19.1. The lowest BCUT2D eigenvalue weighted by Crippen LogP contribution is -2.39. The largest absolute Gasteiger partial charge is 0.444 e. The molecule has 9 heteroatoms. The second-order valence-corrected chi connectivity index (χ2v) is 8.77. The first-order valence-corrected chi connectivity index (χ1v) is 11.9. The SMILES string of the molecule is Cc1ccc(-c2nc(-c3ccc(CC(NC(=O)C4=CN=C(c5ccccc5)C4)OC=O)cc3F)no2)cc1. The van der Waals surface area contributed by atoms with E-state index in [1.54, 1.807) is 6.07 Å². The third-order valence-corrected chi connectivity index (χ3v) is 6.06. The highest BCUT2D eigenvalue weighted by Crippen LogP contribution is 2.26. The quantitative estimate of drug-likeness (QED) is 0.256. The lowest BCUT2D eigenvalue weighted by atomic mass is 10.0. The minimum absolute atomic E-state index is 0.0578. The molecule has 3 aromatic carbocycles. The number of ether oxygens (including phenoxy) is 1. The monoisotopic (exact) mass is 510 g/mol. The van der Waals surface area contributed by atoms with Crippen LogP contribution >= 0.6 is 0 Å². The van der Waals surface area contributed by atoms with Gasteiger partial charge in [0, 0.05) is 30.2 Å². The number of rotatable bonds is 9. The number of amides is 1. The number of nitrogens with one attached hydrogen (secondary N) is 1. The molecule has 1 aliphatic rings. The van der Waals surface area contributed by atoms with E-state index in [0.717, 1.165) is 22.4 Å². The molecule has 5 rings (SSSR count). The Morgan fingerprint density at radius 2 is 1.89 bits per heavy atom. The van der Waals surface area contributed by atoms with E-state index in [1.165, 1.54) is 18.3 Å². The number of nitrogens with zero attached hydrogens (tertiary/aromatic N) is 3. The summed E-state index contributed by atoms with van der Waals surface area (Å²) in [5.74, 6) is -0.597. The molecule has 8 nitrogen and oxygen atoms in total. The number of hydrogen-bond acceptors (Lipinski definition) is 7. The van der Waals surface area contributed by atoms with Crippen LogP contribution in [0.15, 0.2) is 94.1 Å². The fraction of sp³-hybridized carbons (Fsp3) is 0.138. The molecule has 1 atom stereocenters. The van der Waals surface area contributed by atoms with Crippen molar-refractivity contribution in [3.63, 3.8) is 0 Å². The van der Waals surface area contributed by atoms with Gasteiger partial charge in [-0.3, -0.25) is 14.6 Å². The van der Waals surface area contributed by atoms with Crippen LogP contribution in [0.1, 0.15) is 23.1 Å². The second-order valence-electron chi connectivity index (χ2n) is 8.77. The topological polar surface area (TPSA) is 107 Å². The van der Waals surface area contributed by atoms with E-state index in [9.17, 15) is 9.59 Å². The van der Waals surface area contributed by atoms with E-state index in [1.807, 2.05) is 61.5 Å². The van der Waals surface area contributed by atoms with Gasteiger partial charge in [-0.2, -0.15) is 4.98 Å². The smallest absolute Gasteiger partial charge is 0.295 e. The highest BCUT2D eigenvalue weighted by molar-refractivity contribution is 6.10. The van der Waals surface area contributed by atoms with E-state index in [2.05, 4.69) is 20.4 Å². The summed E-state index contributed by atoms with van der Waals surface area (Å²) in [5.41, 5.74) is 4.62. The molecule has 1 aromatic heterocycles. The Balaban J connectivity index is 1.24. The van der Waals surface area contributed by atoms with Gasteiger partial charge < -0.3 is 14.6 Å². The van der Waals surface area contributed by atoms with Crippen molar-refractivity contribution in [2.45, 2.75) is 26.0 Å². The van der Waals surface area contributed by atoms with Crippen LogP contribution < -0.4 is 5.32 Å². The molecule has 1 unspecified atom stereocenters. The number of aromatic nitrogens is 2. The van der Waals surface area contributed by atoms with Gasteiger partial charge in [0.2, 0.25) is 5.82 Å². The average Bonchev–Trinajstić information content (AvgIpc) is 3.61. The molecule has 4 aromatic rings. The van der Waals surface area contributed by atoms with Gasteiger partial charge in [0.25, 0.3) is 18.3 Å². The van der Waals surface area contributed by atoms with Gasteiger partial charge in [0.05, 0.1) is 11.3 Å². The van der Waals surface area contributed by atoms with Crippen LogP contribution in [0.5, 0.6) is 0 Å². The molecule has 1 amide bonds. The second kappa shape index (κ2) is 11.0. The summed E-state index contributed by atoms with van der Waals surface area (Å²) in [6.45, 7) is 2.22. The fourth-order valence-electron chi connectivity index (χ4n) is 4.04. The maximum atomic E-state index is 15.0. The third-order valence-electron chi connectivity index (χ3n) is 6.06. The number of carbonyl (C=O) groups is 2. The Labute approximate surface area is 217 Å². The number of hydrogen-bond donors (Lipinski definition) is 1. The zero-order valence-corrected chi connectivity index (χ0v) is 20.4. The summed E-state index contributed by atoms with van der Waals surface area (Å²) in [4.78, 5) is 32.5. The zero-order chi connectivity index (χ0) is 26.5. The van der Waals surface area contributed by atoms with Crippen molar-refractivity contribution in [2.24, 2.45) is 4.99 Å². The summed E-state index contributed by atoms with van der Waals surface area (Å²) in [5, 5.41) is 6.58. The summed E-state index contributed by atoms with van der Waals surface area (Å²) >= 11 is 0. The van der Waals surface area contributed by atoms with Crippen molar-refractivity contribution in [1.82, 2.24) is 15.5 Å². The van der Waals surface area contributed by atoms with E-state index >= 15 is 4.39 Å². The van der Waals surface area contributed by atoms with Crippen molar-refractivity contribution in [3.8, 4) is 22.8 Å².